The minimum absolute atomic E-state index is 0.757. The Morgan fingerprint density at radius 3 is 2.81 bits per heavy atom. The number of likely N-dealkylation sites (N-methyl/N-ethyl adjacent to an activating group) is 1. The van der Waals surface area contributed by atoms with Gasteiger partial charge < -0.3 is 5.32 Å². The summed E-state index contributed by atoms with van der Waals surface area (Å²) in [6.45, 7) is 6.57. The summed E-state index contributed by atoms with van der Waals surface area (Å²) < 4.78 is 0. The number of piperazine rings is 1. The van der Waals surface area contributed by atoms with Crippen LogP contribution in [0.5, 0.6) is 0 Å². The topological polar surface area (TPSA) is 18.5 Å². The first-order valence-corrected chi connectivity index (χ1v) is 7.00. The molecule has 0 radical (unpaired) electrons. The summed E-state index contributed by atoms with van der Waals surface area (Å²) in [6.07, 6.45) is 5.77. The molecule has 2 heterocycles. The number of rotatable bonds is 4. The van der Waals surface area contributed by atoms with Crippen LogP contribution in [0.2, 0.25) is 0 Å². The van der Waals surface area contributed by atoms with Crippen molar-refractivity contribution in [3.63, 3.8) is 0 Å². The van der Waals surface area contributed by atoms with Crippen LogP contribution in [0.15, 0.2) is 0 Å². The van der Waals surface area contributed by atoms with Crippen LogP contribution in [-0.2, 0) is 0 Å². The molecule has 1 N–H and O–H groups in total. The fourth-order valence-electron chi connectivity index (χ4n) is 3.47. The minimum Gasteiger partial charge on any atom is -0.315 e. The highest BCUT2D eigenvalue weighted by atomic mass is 15.3. The predicted octanol–water partition coefficient (Wildman–Crippen LogP) is 0.764. The lowest BCUT2D eigenvalue weighted by atomic mass is 10.1. The van der Waals surface area contributed by atoms with E-state index in [0.717, 1.165) is 18.0 Å². The average Bonchev–Trinajstić information content (AvgIpc) is 3.04. The van der Waals surface area contributed by atoms with Crippen molar-refractivity contribution < 1.29 is 0 Å². The van der Waals surface area contributed by atoms with E-state index in [9.17, 15) is 0 Å². The van der Waals surface area contributed by atoms with Crippen molar-refractivity contribution in [1.29, 1.82) is 0 Å². The molecule has 0 aromatic carbocycles. The lowest BCUT2D eigenvalue weighted by Gasteiger charge is -2.39. The van der Waals surface area contributed by atoms with Gasteiger partial charge in [-0.2, -0.15) is 0 Å². The molecule has 2 aliphatic heterocycles. The van der Waals surface area contributed by atoms with Crippen LogP contribution in [0.4, 0.5) is 0 Å². The monoisotopic (exact) mass is 223 g/mol. The molecular formula is C13H25N3. The number of fused-ring (bicyclic) bond motifs is 1. The molecular weight excluding hydrogens is 198 g/mol. The highest BCUT2D eigenvalue weighted by Gasteiger charge is 2.35. The molecule has 3 rings (SSSR count). The van der Waals surface area contributed by atoms with E-state index in [-0.39, 0.29) is 0 Å². The van der Waals surface area contributed by atoms with Gasteiger partial charge in [0.05, 0.1) is 0 Å². The molecule has 0 amide bonds. The maximum Gasteiger partial charge on any atom is 0.0224 e. The number of hydrogen-bond acceptors (Lipinski definition) is 3. The molecule has 1 saturated carbocycles. The number of nitrogens with one attached hydrogen (secondary N) is 1. The van der Waals surface area contributed by atoms with Gasteiger partial charge >= 0.3 is 0 Å². The van der Waals surface area contributed by atoms with Crippen molar-refractivity contribution in [3.05, 3.63) is 0 Å². The second-order valence-corrected chi connectivity index (χ2v) is 5.82. The van der Waals surface area contributed by atoms with Gasteiger partial charge in [0.15, 0.2) is 0 Å². The Kier molecular flexibility index (Phi) is 3.18. The lowest BCUT2D eigenvalue weighted by Crippen LogP contribution is -2.53. The summed E-state index contributed by atoms with van der Waals surface area (Å²) in [5.74, 6) is 0.978. The molecule has 16 heavy (non-hydrogen) atoms. The summed E-state index contributed by atoms with van der Waals surface area (Å²) in [5, 5.41) is 3.52. The van der Waals surface area contributed by atoms with Gasteiger partial charge in [-0.15, -0.1) is 0 Å². The van der Waals surface area contributed by atoms with Crippen molar-refractivity contribution in [2.24, 2.45) is 5.92 Å². The third kappa shape index (κ3) is 2.27. The zero-order valence-electron chi connectivity index (χ0n) is 10.5. The molecule has 0 aromatic heterocycles. The van der Waals surface area contributed by atoms with Gasteiger partial charge in [0.25, 0.3) is 0 Å². The van der Waals surface area contributed by atoms with E-state index < -0.39 is 0 Å². The van der Waals surface area contributed by atoms with Gasteiger partial charge in [-0.1, -0.05) is 0 Å². The Balaban J connectivity index is 1.51. The first-order chi connectivity index (χ1) is 7.86. The number of nitrogens with zero attached hydrogens (tertiary/aromatic N) is 2. The van der Waals surface area contributed by atoms with Gasteiger partial charge in [-0.05, 0) is 45.2 Å². The fraction of sp³-hybridized carbons (Fsp3) is 1.00. The maximum atomic E-state index is 3.52. The van der Waals surface area contributed by atoms with Crippen molar-refractivity contribution >= 4 is 0 Å². The molecule has 0 aromatic rings. The highest BCUT2D eigenvalue weighted by molar-refractivity contribution is 4.92. The Morgan fingerprint density at radius 1 is 1.19 bits per heavy atom. The first kappa shape index (κ1) is 11.0. The van der Waals surface area contributed by atoms with E-state index in [1.165, 1.54) is 58.4 Å². The Hall–Kier alpha value is -0.120. The van der Waals surface area contributed by atoms with Gasteiger partial charge in [0.2, 0.25) is 0 Å². The van der Waals surface area contributed by atoms with Crippen LogP contribution in [-0.4, -0.2) is 61.7 Å². The molecule has 92 valence electrons. The summed E-state index contributed by atoms with van der Waals surface area (Å²) >= 11 is 0. The molecule has 2 atom stereocenters. The second-order valence-electron chi connectivity index (χ2n) is 5.82. The fourth-order valence-corrected chi connectivity index (χ4v) is 3.47. The Morgan fingerprint density at radius 2 is 2.06 bits per heavy atom. The van der Waals surface area contributed by atoms with Gasteiger partial charge in [-0.3, -0.25) is 9.80 Å². The molecule has 2 saturated heterocycles. The van der Waals surface area contributed by atoms with E-state index in [0.29, 0.717) is 0 Å². The molecule has 3 heteroatoms. The minimum atomic E-state index is 0.757. The first-order valence-electron chi connectivity index (χ1n) is 7.00. The Bertz CT molecular complexity index is 239. The van der Waals surface area contributed by atoms with Gasteiger partial charge in [0, 0.05) is 38.3 Å². The standard InChI is InChI=1S/C13H25N3/c1-14-13(11-4-5-11)10-15-7-8-16-6-2-3-12(16)9-15/h11-14H,2-10H2,1H3. The van der Waals surface area contributed by atoms with Crippen LogP contribution in [0.1, 0.15) is 25.7 Å². The van der Waals surface area contributed by atoms with Crippen LogP contribution < -0.4 is 5.32 Å². The van der Waals surface area contributed by atoms with Crippen LogP contribution >= 0.6 is 0 Å². The van der Waals surface area contributed by atoms with E-state index >= 15 is 0 Å². The molecule has 2 unspecified atom stereocenters. The normalized spacial score (nSPS) is 33.9. The predicted molar refractivity (Wildman–Crippen MR) is 66.6 cm³/mol. The van der Waals surface area contributed by atoms with Crippen LogP contribution in [0, 0.1) is 5.92 Å². The molecule has 3 fully saturated rings. The van der Waals surface area contributed by atoms with E-state index in [2.05, 4.69) is 22.2 Å². The van der Waals surface area contributed by atoms with E-state index in [1.807, 2.05) is 0 Å². The summed E-state index contributed by atoms with van der Waals surface area (Å²) in [4.78, 5) is 5.40. The smallest absolute Gasteiger partial charge is 0.0224 e. The molecule has 1 aliphatic carbocycles. The second kappa shape index (κ2) is 4.63. The third-order valence-electron chi connectivity index (χ3n) is 4.69. The highest BCUT2D eigenvalue weighted by Crippen LogP contribution is 2.33. The molecule has 0 spiro atoms. The zero-order chi connectivity index (χ0) is 11.0. The Labute approximate surface area is 99.2 Å². The van der Waals surface area contributed by atoms with E-state index in [4.69, 9.17) is 0 Å². The zero-order valence-corrected chi connectivity index (χ0v) is 10.5. The maximum absolute atomic E-state index is 3.52. The molecule has 3 nitrogen and oxygen atoms in total. The molecule has 3 aliphatic rings. The van der Waals surface area contributed by atoms with Crippen molar-refractivity contribution in [3.8, 4) is 0 Å². The van der Waals surface area contributed by atoms with Crippen LogP contribution in [0.25, 0.3) is 0 Å². The SMILES string of the molecule is CNC(CN1CCN2CCCC2C1)C1CC1. The number of hydrogen-bond donors (Lipinski definition) is 1. The van der Waals surface area contributed by atoms with Crippen molar-refractivity contribution in [2.45, 2.75) is 37.8 Å². The lowest BCUT2D eigenvalue weighted by molar-refractivity contribution is 0.0949. The largest absolute Gasteiger partial charge is 0.315 e. The van der Waals surface area contributed by atoms with E-state index in [1.54, 1.807) is 0 Å². The van der Waals surface area contributed by atoms with Crippen molar-refractivity contribution in [1.82, 2.24) is 15.1 Å². The summed E-state index contributed by atoms with van der Waals surface area (Å²) in [6, 6.07) is 1.64. The summed E-state index contributed by atoms with van der Waals surface area (Å²) in [7, 11) is 2.13. The van der Waals surface area contributed by atoms with Gasteiger partial charge in [0.1, 0.15) is 0 Å². The van der Waals surface area contributed by atoms with Gasteiger partial charge in [-0.25, -0.2) is 0 Å². The third-order valence-corrected chi connectivity index (χ3v) is 4.69. The van der Waals surface area contributed by atoms with Crippen molar-refractivity contribution in [2.75, 3.05) is 39.8 Å². The average molecular weight is 223 g/mol. The van der Waals surface area contributed by atoms with Crippen LogP contribution in [0.3, 0.4) is 0 Å². The molecule has 0 bridgehead atoms. The summed E-state index contributed by atoms with van der Waals surface area (Å²) in [5.41, 5.74) is 0. The quantitative estimate of drug-likeness (QED) is 0.759.